The average Bonchev–Trinajstić information content (AvgIpc) is 3.76. The zero-order valence-corrected chi connectivity index (χ0v) is 25.1. The molecule has 4 heterocycles. The van der Waals surface area contributed by atoms with E-state index in [1.807, 2.05) is 23.1 Å². The molecule has 3 fully saturated rings. The van der Waals surface area contributed by atoms with Gasteiger partial charge in [-0.1, -0.05) is 31.0 Å². The number of rotatable bonds is 8. The number of nitrogens with zero attached hydrogens (tertiary/aromatic N) is 4. The molecular formula is C33H38N4O5S. The number of anilines is 2. The third kappa shape index (κ3) is 5.74. The summed E-state index contributed by atoms with van der Waals surface area (Å²) in [6.45, 7) is 4.19. The second-order valence-electron chi connectivity index (χ2n) is 11.9. The highest BCUT2D eigenvalue weighted by Crippen LogP contribution is 2.44. The number of carbonyl (C=O) groups excluding carboxylic acids is 1. The van der Waals surface area contributed by atoms with Crippen molar-refractivity contribution in [2.45, 2.75) is 69.0 Å². The van der Waals surface area contributed by atoms with Gasteiger partial charge in [0.05, 0.1) is 18.1 Å². The zero-order chi connectivity index (χ0) is 29.3. The van der Waals surface area contributed by atoms with Crippen molar-refractivity contribution in [3.05, 3.63) is 64.6 Å². The van der Waals surface area contributed by atoms with Crippen molar-refractivity contribution >= 4 is 40.8 Å². The number of carbonyl (C=O) groups is 2. The minimum Gasteiger partial charge on any atom is -0.489 e. The lowest BCUT2D eigenvalue weighted by Gasteiger charge is -2.37. The van der Waals surface area contributed by atoms with E-state index in [-0.39, 0.29) is 17.3 Å². The predicted molar refractivity (Wildman–Crippen MR) is 168 cm³/mol. The summed E-state index contributed by atoms with van der Waals surface area (Å²) >= 11 is 1.43. The van der Waals surface area contributed by atoms with Crippen LogP contribution >= 0.6 is 11.8 Å². The van der Waals surface area contributed by atoms with E-state index in [9.17, 15) is 14.7 Å². The Balaban J connectivity index is 1.11. The van der Waals surface area contributed by atoms with E-state index in [0.717, 1.165) is 73.0 Å². The maximum atomic E-state index is 12.5. The Morgan fingerprint density at radius 2 is 1.81 bits per heavy atom. The fourth-order valence-corrected chi connectivity index (χ4v) is 8.21. The van der Waals surface area contributed by atoms with Crippen LogP contribution in [-0.2, 0) is 20.9 Å². The second kappa shape index (κ2) is 12.2. The first-order valence-electron chi connectivity index (χ1n) is 15.5. The summed E-state index contributed by atoms with van der Waals surface area (Å²) in [5.41, 5.74) is 4.13. The van der Waals surface area contributed by atoms with E-state index >= 15 is 0 Å². The number of benzene rings is 2. The van der Waals surface area contributed by atoms with Crippen LogP contribution in [0.15, 0.2) is 58.4 Å². The predicted octanol–water partition coefficient (Wildman–Crippen LogP) is 5.03. The highest BCUT2D eigenvalue weighted by Gasteiger charge is 2.45. The number of ether oxygens (including phenoxy) is 2. The van der Waals surface area contributed by atoms with Crippen molar-refractivity contribution in [2.24, 2.45) is 4.99 Å². The number of carboxylic acids is 1. The van der Waals surface area contributed by atoms with E-state index in [4.69, 9.17) is 14.5 Å². The van der Waals surface area contributed by atoms with Gasteiger partial charge in [-0.2, -0.15) is 0 Å². The van der Waals surface area contributed by atoms with Crippen LogP contribution < -0.4 is 14.5 Å². The van der Waals surface area contributed by atoms with E-state index in [1.165, 1.54) is 31.0 Å². The highest BCUT2D eigenvalue weighted by atomic mass is 32.2. The molecule has 7 rings (SSSR count). The number of hydrogen-bond donors (Lipinski definition) is 1. The van der Waals surface area contributed by atoms with Crippen molar-refractivity contribution in [1.29, 1.82) is 0 Å². The summed E-state index contributed by atoms with van der Waals surface area (Å²) < 4.78 is 11.9. The number of morpholine rings is 1. The fraction of sp³-hybridized carbons (Fsp3) is 0.485. The topological polar surface area (TPSA) is 94.9 Å². The Kier molecular flexibility index (Phi) is 8.05. The van der Waals surface area contributed by atoms with E-state index in [0.29, 0.717) is 37.2 Å². The molecule has 0 aromatic heterocycles. The number of amidine groups is 1. The van der Waals surface area contributed by atoms with E-state index in [2.05, 4.69) is 40.1 Å². The molecule has 2 aromatic rings. The van der Waals surface area contributed by atoms with E-state index in [1.54, 1.807) is 0 Å². The van der Waals surface area contributed by atoms with Crippen LogP contribution in [0.3, 0.4) is 0 Å². The van der Waals surface area contributed by atoms with Gasteiger partial charge in [0.25, 0.3) is 0 Å². The van der Waals surface area contributed by atoms with Gasteiger partial charge >= 0.3 is 5.97 Å². The van der Waals surface area contributed by atoms with Gasteiger partial charge in [-0.3, -0.25) is 9.79 Å². The zero-order valence-electron chi connectivity index (χ0n) is 24.3. The molecule has 1 saturated carbocycles. The van der Waals surface area contributed by atoms with Crippen LogP contribution in [0.2, 0.25) is 0 Å². The van der Waals surface area contributed by atoms with Crippen LogP contribution in [-0.4, -0.2) is 78.0 Å². The van der Waals surface area contributed by atoms with Gasteiger partial charge in [0.15, 0.2) is 0 Å². The maximum absolute atomic E-state index is 12.5. The minimum atomic E-state index is -0.865. The largest absolute Gasteiger partial charge is 0.489 e. The Morgan fingerprint density at radius 1 is 1.02 bits per heavy atom. The molecule has 2 atom stereocenters. The van der Waals surface area contributed by atoms with Gasteiger partial charge in [-0.05, 0) is 67.8 Å². The summed E-state index contributed by atoms with van der Waals surface area (Å²) in [7, 11) is 0. The molecule has 1 N–H and O–H groups in total. The summed E-state index contributed by atoms with van der Waals surface area (Å²) in [5.74, 6) is 1.04. The van der Waals surface area contributed by atoms with Gasteiger partial charge in [-0.25, -0.2) is 4.79 Å². The molecule has 2 aromatic carbocycles. The molecule has 5 aliphatic rings. The summed E-state index contributed by atoms with van der Waals surface area (Å²) in [4.78, 5) is 36.2. The monoisotopic (exact) mass is 602 g/mol. The summed E-state index contributed by atoms with van der Waals surface area (Å²) in [6.07, 6.45) is 9.18. The first-order valence-corrected chi connectivity index (χ1v) is 16.4. The number of thioether (sulfide) groups is 1. The summed E-state index contributed by atoms with van der Waals surface area (Å²) in [6, 6.07) is 14.6. The first-order chi connectivity index (χ1) is 21.0. The number of amides is 1. The quantitative estimate of drug-likeness (QED) is 0.450. The number of fused-ring (bicyclic) bond motifs is 1. The number of aliphatic imine (C=N–C) groups is 1. The molecule has 9 nitrogen and oxygen atoms in total. The lowest BCUT2D eigenvalue weighted by molar-refractivity contribution is -0.131. The Labute approximate surface area is 256 Å². The lowest BCUT2D eigenvalue weighted by atomic mass is 9.93. The second-order valence-corrected chi connectivity index (χ2v) is 13.0. The molecule has 2 saturated heterocycles. The van der Waals surface area contributed by atoms with Crippen molar-refractivity contribution in [3.8, 4) is 5.75 Å². The first kappa shape index (κ1) is 28.3. The normalized spacial score (nSPS) is 24.3. The molecule has 2 unspecified atom stereocenters. The standard InChI is InChI=1S/C33H38N4O5S/c38-30-7-4-14-36(30)25-10-13-28(35-15-17-41-18-16-35)23(19-25)21-42-26-11-8-22(9-12-26)31-34-27-20-29(33(39)40)43-32(27)37(31)24-5-2-1-3-6-24/h8-13,19-20,24,27,32H,1-7,14-18,21H2,(H,39,40). The Morgan fingerprint density at radius 3 is 2.53 bits per heavy atom. The molecule has 4 aliphatic heterocycles. The smallest absolute Gasteiger partial charge is 0.341 e. The van der Waals surface area contributed by atoms with Crippen LogP contribution in [0.25, 0.3) is 0 Å². The van der Waals surface area contributed by atoms with Crippen molar-refractivity contribution in [2.75, 3.05) is 42.6 Å². The van der Waals surface area contributed by atoms with Gasteiger partial charge in [0.2, 0.25) is 5.91 Å². The Bertz CT molecular complexity index is 1430. The average molecular weight is 603 g/mol. The van der Waals surface area contributed by atoms with Gasteiger partial charge in [0.1, 0.15) is 29.6 Å². The molecule has 0 spiro atoms. The molecule has 0 bridgehead atoms. The number of aliphatic carboxylic acids is 1. The lowest BCUT2D eigenvalue weighted by Crippen LogP contribution is -2.45. The van der Waals surface area contributed by atoms with Crippen molar-refractivity contribution in [1.82, 2.24) is 4.90 Å². The third-order valence-corrected chi connectivity index (χ3v) is 10.4. The third-order valence-electron chi connectivity index (χ3n) is 9.14. The molecular weight excluding hydrogens is 564 g/mol. The molecule has 43 heavy (non-hydrogen) atoms. The van der Waals surface area contributed by atoms with Crippen molar-refractivity contribution in [3.63, 3.8) is 0 Å². The summed E-state index contributed by atoms with van der Waals surface area (Å²) in [5, 5.41) is 9.60. The van der Waals surface area contributed by atoms with E-state index < -0.39 is 5.97 Å². The maximum Gasteiger partial charge on any atom is 0.341 e. The Hall–Kier alpha value is -3.50. The van der Waals surface area contributed by atoms with Crippen LogP contribution in [0.1, 0.15) is 56.1 Å². The highest BCUT2D eigenvalue weighted by molar-refractivity contribution is 8.04. The molecule has 226 valence electrons. The molecule has 1 aliphatic carbocycles. The van der Waals surface area contributed by atoms with Crippen LogP contribution in [0, 0.1) is 0 Å². The van der Waals surface area contributed by atoms with Crippen molar-refractivity contribution < 1.29 is 24.2 Å². The van der Waals surface area contributed by atoms with Gasteiger partial charge in [0, 0.05) is 54.6 Å². The fourth-order valence-electron chi connectivity index (χ4n) is 6.96. The number of hydrogen-bond acceptors (Lipinski definition) is 8. The molecule has 10 heteroatoms. The molecule has 1 amide bonds. The number of carboxylic acid groups (broad SMARTS) is 1. The SMILES string of the molecule is O=C(O)C1=CC2N=C(c3ccc(OCc4cc(N5CCCC5=O)ccc4N4CCOCC4)cc3)N(C3CCCCC3)C2S1. The van der Waals surface area contributed by atoms with Gasteiger partial charge in [-0.15, -0.1) is 0 Å². The van der Waals surface area contributed by atoms with Crippen LogP contribution in [0.4, 0.5) is 11.4 Å². The molecule has 0 radical (unpaired) electrons. The van der Waals surface area contributed by atoms with Crippen LogP contribution in [0.5, 0.6) is 5.75 Å². The van der Waals surface area contributed by atoms with Gasteiger partial charge < -0.3 is 29.3 Å². The minimum absolute atomic E-state index is 0.00787.